The van der Waals surface area contributed by atoms with Crippen LogP contribution in [0.25, 0.3) is 0 Å². The molecule has 0 saturated carbocycles. The van der Waals surface area contributed by atoms with Crippen molar-refractivity contribution in [2.24, 2.45) is 0 Å². The third kappa shape index (κ3) is 2.44. The maximum atomic E-state index is 5.70. The standard InChI is InChI=1S/C12H16O3S/c1-13-10-5-4-9(8-11(10)14-2)12-15-6-3-7-16-12/h4-5,8,12H,3,6-7H2,1-2H3. The summed E-state index contributed by atoms with van der Waals surface area (Å²) in [7, 11) is 3.29. The number of hydrogen-bond acceptors (Lipinski definition) is 4. The minimum atomic E-state index is 0.133. The van der Waals surface area contributed by atoms with Crippen LogP contribution in [0.3, 0.4) is 0 Å². The van der Waals surface area contributed by atoms with Crippen LogP contribution in [0.2, 0.25) is 0 Å². The van der Waals surface area contributed by atoms with E-state index in [9.17, 15) is 0 Å². The van der Waals surface area contributed by atoms with Crippen LogP contribution in [0.4, 0.5) is 0 Å². The van der Waals surface area contributed by atoms with Gasteiger partial charge in [0.2, 0.25) is 0 Å². The molecule has 0 N–H and O–H groups in total. The zero-order valence-electron chi connectivity index (χ0n) is 9.56. The van der Waals surface area contributed by atoms with E-state index in [4.69, 9.17) is 14.2 Å². The number of rotatable bonds is 3. The maximum absolute atomic E-state index is 5.70. The lowest BCUT2D eigenvalue weighted by Gasteiger charge is -2.23. The Hall–Kier alpha value is -0.870. The van der Waals surface area contributed by atoms with Gasteiger partial charge >= 0.3 is 0 Å². The molecule has 1 aromatic rings. The molecule has 1 atom stereocenters. The summed E-state index contributed by atoms with van der Waals surface area (Å²) in [6, 6.07) is 5.94. The van der Waals surface area contributed by atoms with Gasteiger partial charge < -0.3 is 14.2 Å². The lowest BCUT2D eigenvalue weighted by atomic mass is 10.2. The van der Waals surface area contributed by atoms with E-state index in [0.717, 1.165) is 35.8 Å². The third-order valence-corrected chi connectivity index (χ3v) is 3.74. The van der Waals surface area contributed by atoms with Gasteiger partial charge in [-0.25, -0.2) is 0 Å². The van der Waals surface area contributed by atoms with Gasteiger partial charge in [-0.3, -0.25) is 0 Å². The Morgan fingerprint density at radius 3 is 2.69 bits per heavy atom. The van der Waals surface area contributed by atoms with Crippen molar-refractivity contribution in [3.8, 4) is 11.5 Å². The molecular formula is C12H16O3S. The summed E-state index contributed by atoms with van der Waals surface area (Å²) in [4.78, 5) is 0. The first-order valence-corrected chi connectivity index (χ1v) is 6.35. The van der Waals surface area contributed by atoms with Crippen LogP contribution in [-0.4, -0.2) is 26.6 Å². The smallest absolute Gasteiger partial charge is 0.161 e. The van der Waals surface area contributed by atoms with Crippen molar-refractivity contribution >= 4 is 11.8 Å². The Labute approximate surface area is 100 Å². The van der Waals surface area contributed by atoms with E-state index in [2.05, 4.69) is 0 Å². The molecule has 4 heteroatoms. The van der Waals surface area contributed by atoms with Gasteiger partial charge in [-0.15, -0.1) is 11.8 Å². The number of methoxy groups -OCH3 is 2. The second kappa shape index (κ2) is 5.46. The van der Waals surface area contributed by atoms with Crippen molar-refractivity contribution in [1.29, 1.82) is 0 Å². The third-order valence-electron chi connectivity index (χ3n) is 2.51. The van der Waals surface area contributed by atoms with Crippen molar-refractivity contribution in [1.82, 2.24) is 0 Å². The average Bonchev–Trinajstić information content (AvgIpc) is 2.39. The first kappa shape index (κ1) is 11.6. The maximum Gasteiger partial charge on any atom is 0.161 e. The largest absolute Gasteiger partial charge is 0.493 e. The van der Waals surface area contributed by atoms with E-state index < -0.39 is 0 Å². The van der Waals surface area contributed by atoms with Crippen LogP contribution in [-0.2, 0) is 4.74 Å². The van der Waals surface area contributed by atoms with Gasteiger partial charge in [-0.1, -0.05) is 6.07 Å². The molecule has 1 heterocycles. The lowest BCUT2D eigenvalue weighted by Crippen LogP contribution is -2.09. The quantitative estimate of drug-likeness (QED) is 0.812. The van der Waals surface area contributed by atoms with E-state index in [1.54, 1.807) is 14.2 Å². The van der Waals surface area contributed by atoms with E-state index in [1.807, 2.05) is 30.0 Å². The van der Waals surface area contributed by atoms with Gasteiger partial charge in [0.05, 0.1) is 14.2 Å². The predicted molar refractivity (Wildman–Crippen MR) is 65.3 cm³/mol. The Kier molecular flexibility index (Phi) is 3.96. The number of benzene rings is 1. The lowest BCUT2D eigenvalue weighted by molar-refractivity contribution is 0.106. The highest BCUT2D eigenvalue weighted by atomic mass is 32.2. The molecule has 1 fully saturated rings. The fourth-order valence-electron chi connectivity index (χ4n) is 1.68. The predicted octanol–water partition coefficient (Wildman–Crippen LogP) is 2.86. The highest BCUT2D eigenvalue weighted by Crippen LogP contribution is 2.38. The molecule has 0 aliphatic carbocycles. The molecule has 0 radical (unpaired) electrons. The van der Waals surface area contributed by atoms with Crippen LogP contribution >= 0.6 is 11.8 Å². The Morgan fingerprint density at radius 1 is 1.25 bits per heavy atom. The van der Waals surface area contributed by atoms with Gasteiger partial charge in [-0.05, 0) is 29.9 Å². The van der Waals surface area contributed by atoms with Gasteiger partial charge in [0.15, 0.2) is 11.5 Å². The minimum absolute atomic E-state index is 0.133. The molecule has 1 saturated heterocycles. The van der Waals surface area contributed by atoms with Crippen LogP contribution in [0.5, 0.6) is 11.5 Å². The van der Waals surface area contributed by atoms with Crippen LogP contribution in [0.15, 0.2) is 18.2 Å². The van der Waals surface area contributed by atoms with Gasteiger partial charge in [0, 0.05) is 6.61 Å². The first-order valence-electron chi connectivity index (χ1n) is 5.30. The van der Waals surface area contributed by atoms with Gasteiger partial charge in [0.25, 0.3) is 0 Å². The average molecular weight is 240 g/mol. The van der Waals surface area contributed by atoms with E-state index in [0.29, 0.717) is 0 Å². The van der Waals surface area contributed by atoms with Crippen molar-refractivity contribution in [2.45, 2.75) is 11.9 Å². The Balaban J connectivity index is 2.20. The van der Waals surface area contributed by atoms with Crippen molar-refractivity contribution in [3.63, 3.8) is 0 Å². The SMILES string of the molecule is COc1ccc(C2OCCCS2)cc1OC. The molecule has 1 aliphatic rings. The Bertz CT molecular complexity index is 348. The topological polar surface area (TPSA) is 27.7 Å². The fourth-order valence-corrected chi connectivity index (χ4v) is 2.71. The van der Waals surface area contributed by atoms with E-state index >= 15 is 0 Å². The van der Waals surface area contributed by atoms with Gasteiger partial charge in [-0.2, -0.15) is 0 Å². The second-order valence-corrected chi connectivity index (χ2v) is 4.71. The van der Waals surface area contributed by atoms with Crippen LogP contribution < -0.4 is 9.47 Å². The molecule has 88 valence electrons. The number of thioether (sulfide) groups is 1. The molecule has 0 bridgehead atoms. The summed E-state index contributed by atoms with van der Waals surface area (Å²) < 4.78 is 16.2. The Morgan fingerprint density at radius 2 is 2.06 bits per heavy atom. The molecule has 1 aliphatic heterocycles. The molecule has 2 rings (SSSR count). The van der Waals surface area contributed by atoms with Crippen LogP contribution in [0, 0.1) is 0 Å². The zero-order valence-corrected chi connectivity index (χ0v) is 10.4. The van der Waals surface area contributed by atoms with Crippen molar-refractivity contribution in [3.05, 3.63) is 23.8 Å². The zero-order chi connectivity index (χ0) is 11.4. The molecule has 1 unspecified atom stereocenters. The molecule has 3 nitrogen and oxygen atoms in total. The summed E-state index contributed by atoms with van der Waals surface area (Å²) in [5, 5.41) is 0. The highest BCUT2D eigenvalue weighted by Gasteiger charge is 2.18. The normalized spacial score (nSPS) is 20.5. The number of hydrogen-bond donors (Lipinski definition) is 0. The highest BCUT2D eigenvalue weighted by molar-refractivity contribution is 7.99. The molecule has 16 heavy (non-hydrogen) atoms. The molecule has 0 spiro atoms. The number of ether oxygens (including phenoxy) is 3. The first-order chi connectivity index (χ1) is 7.85. The summed E-state index contributed by atoms with van der Waals surface area (Å²) >= 11 is 1.83. The summed E-state index contributed by atoms with van der Waals surface area (Å²) in [6.07, 6.45) is 1.13. The van der Waals surface area contributed by atoms with Crippen LogP contribution in [0.1, 0.15) is 17.4 Å². The fraction of sp³-hybridized carbons (Fsp3) is 0.500. The second-order valence-electron chi connectivity index (χ2n) is 3.54. The summed E-state index contributed by atoms with van der Waals surface area (Å²) in [6.45, 7) is 0.839. The van der Waals surface area contributed by atoms with E-state index in [1.165, 1.54) is 0 Å². The summed E-state index contributed by atoms with van der Waals surface area (Å²) in [5.74, 6) is 2.67. The molecule has 1 aromatic carbocycles. The van der Waals surface area contributed by atoms with Gasteiger partial charge in [0.1, 0.15) is 5.44 Å². The van der Waals surface area contributed by atoms with Crippen molar-refractivity contribution in [2.75, 3.05) is 26.6 Å². The van der Waals surface area contributed by atoms with E-state index in [-0.39, 0.29) is 5.44 Å². The molecular weight excluding hydrogens is 224 g/mol. The summed E-state index contributed by atoms with van der Waals surface area (Å²) in [5.41, 5.74) is 1.27. The molecule has 0 amide bonds. The monoisotopic (exact) mass is 240 g/mol. The minimum Gasteiger partial charge on any atom is -0.493 e. The molecule has 0 aromatic heterocycles. The van der Waals surface area contributed by atoms with Crippen molar-refractivity contribution < 1.29 is 14.2 Å².